The third-order valence-electron chi connectivity index (χ3n) is 5.35. The van der Waals surface area contributed by atoms with E-state index in [-0.39, 0.29) is 17.9 Å². The molecule has 4 rings (SSSR count). The van der Waals surface area contributed by atoms with Crippen LogP contribution in [0.5, 0.6) is 0 Å². The molecule has 2 atom stereocenters. The van der Waals surface area contributed by atoms with Crippen LogP contribution in [0.15, 0.2) is 29.1 Å². The molecule has 1 N–H and O–H groups in total. The van der Waals surface area contributed by atoms with E-state index in [1.807, 2.05) is 31.2 Å². The van der Waals surface area contributed by atoms with Crippen LogP contribution < -0.4 is 5.56 Å². The second-order valence-corrected chi connectivity index (χ2v) is 8.86. The Labute approximate surface area is 167 Å². The van der Waals surface area contributed by atoms with Crippen LogP contribution in [-0.2, 0) is 28.8 Å². The predicted octanol–water partition coefficient (Wildman–Crippen LogP) is 4.26. The first-order valence-corrected chi connectivity index (χ1v) is 10.5. The van der Waals surface area contributed by atoms with Gasteiger partial charge >= 0.3 is 5.97 Å². The van der Waals surface area contributed by atoms with Gasteiger partial charge in [0.1, 0.15) is 4.83 Å². The van der Waals surface area contributed by atoms with Gasteiger partial charge in [-0.15, -0.1) is 11.3 Å². The molecule has 1 aliphatic carbocycles. The van der Waals surface area contributed by atoms with Crippen molar-refractivity contribution in [1.29, 1.82) is 0 Å². The van der Waals surface area contributed by atoms with Crippen molar-refractivity contribution in [2.24, 2.45) is 5.92 Å². The number of thiophene rings is 1. The molecule has 28 heavy (non-hydrogen) atoms. The molecule has 0 bridgehead atoms. The zero-order valence-corrected chi connectivity index (χ0v) is 17.2. The number of nitrogens with one attached hydrogen (secondary N) is 1. The molecule has 3 aromatic rings. The summed E-state index contributed by atoms with van der Waals surface area (Å²) in [6.07, 6.45) is 2.64. The molecule has 6 heteroatoms. The van der Waals surface area contributed by atoms with Gasteiger partial charge in [-0.05, 0) is 50.2 Å². The second kappa shape index (κ2) is 7.51. The number of aromatic amines is 1. The van der Waals surface area contributed by atoms with Gasteiger partial charge in [0.25, 0.3) is 5.56 Å². The molecule has 0 amide bonds. The molecule has 0 fully saturated rings. The van der Waals surface area contributed by atoms with Gasteiger partial charge in [-0.2, -0.15) is 0 Å². The molecule has 1 aromatic carbocycles. The molecule has 0 saturated carbocycles. The first-order chi connectivity index (χ1) is 13.4. The van der Waals surface area contributed by atoms with Crippen molar-refractivity contribution in [1.82, 2.24) is 9.97 Å². The van der Waals surface area contributed by atoms with E-state index in [9.17, 15) is 9.59 Å². The minimum atomic E-state index is -0.604. The van der Waals surface area contributed by atoms with Crippen molar-refractivity contribution in [2.75, 3.05) is 0 Å². The maximum atomic E-state index is 12.7. The predicted molar refractivity (Wildman–Crippen MR) is 111 cm³/mol. The van der Waals surface area contributed by atoms with Crippen LogP contribution in [0.25, 0.3) is 10.2 Å². The van der Waals surface area contributed by atoms with Gasteiger partial charge in [0.15, 0.2) is 11.9 Å². The topological polar surface area (TPSA) is 72.0 Å². The average Bonchev–Trinajstić information content (AvgIpc) is 3.01. The Morgan fingerprint density at radius 1 is 1.36 bits per heavy atom. The number of carbonyl (C=O) groups excluding carboxylic acids is 1. The van der Waals surface area contributed by atoms with Gasteiger partial charge in [-0.3, -0.25) is 9.59 Å². The van der Waals surface area contributed by atoms with Gasteiger partial charge in [0.2, 0.25) is 0 Å². The Balaban J connectivity index is 1.54. The van der Waals surface area contributed by atoms with E-state index in [1.165, 1.54) is 4.88 Å². The van der Waals surface area contributed by atoms with Gasteiger partial charge in [-0.1, -0.05) is 36.8 Å². The van der Waals surface area contributed by atoms with E-state index >= 15 is 0 Å². The SMILES string of the molecule is Cc1ccc(CC(=O)O[C@H](C)c2nc3sc4c(c3c(=O)[nH]2)CC[C@@H](C)C4)cc1. The number of H-pyrrole nitrogens is 1. The zero-order valence-electron chi connectivity index (χ0n) is 16.4. The summed E-state index contributed by atoms with van der Waals surface area (Å²) < 4.78 is 5.53. The zero-order chi connectivity index (χ0) is 19.8. The van der Waals surface area contributed by atoms with Crippen molar-refractivity contribution in [3.05, 3.63) is 62.0 Å². The van der Waals surface area contributed by atoms with Gasteiger partial charge in [-0.25, -0.2) is 4.98 Å². The molecule has 146 valence electrons. The van der Waals surface area contributed by atoms with Gasteiger partial charge in [0.05, 0.1) is 11.8 Å². The van der Waals surface area contributed by atoms with E-state index in [0.29, 0.717) is 17.1 Å². The quantitative estimate of drug-likeness (QED) is 0.669. The number of carbonyl (C=O) groups is 1. The lowest BCUT2D eigenvalue weighted by atomic mass is 9.89. The standard InChI is InChI=1S/C22H24N2O3S/c1-12-4-7-15(8-5-12)11-18(25)27-14(3)20-23-21(26)19-16-9-6-13(2)10-17(16)28-22(19)24-20/h4-5,7-8,13-14H,6,9-11H2,1-3H3,(H,23,24,26)/t13-,14-/m1/s1. The monoisotopic (exact) mass is 396 g/mol. The summed E-state index contributed by atoms with van der Waals surface area (Å²) in [5, 5.41) is 0.717. The summed E-state index contributed by atoms with van der Waals surface area (Å²) in [5.74, 6) is 0.709. The average molecular weight is 397 g/mol. The number of aryl methyl sites for hydroxylation is 2. The fourth-order valence-corrected chi connectivity index (χ4v) is 5.12. The molecule has 0 radical (unpaired) electrons. The van der Waals surface area contributed by atoms with Crippen LogP contribution in [0.1, 0.15) is 53.8 Å². The molecular formula is C22H24N2O3S. The molecule has 5 nitrogen and oxygen atoms in total. The fraction of sp³-hybridized carbons (Fsp3) is 0.409. The van der Waals surface area contributed by atoms with E-state index in [2.05, 4.69) is 16.9 Å². The highest BCUT2D eigenvalue weighted by Crippen LogP contribution is 2.35. The van der Waals surface area contributed by atoms with Crippen molar-refractivity contribution in [3.8, 4) is 0 Å². The maximum absolute atomic E-state index is 12.7. The van der Waals surface area contributed by atoms with Crippen LogP contribution in [-0.4, -0.2) is 15.9 Å². The van der Waals surface area contributed by atoms with Crippen LogP contribution in [0, 0.1) is 12.8 Å². The number of aromatic nitrogens is 2. The van der Waals surface area contributed by atoms with E-state index < -0.39 is 6.10 Å². The van der Waals surface area contributed by atoms with Crippen molar-refractivity contribution in [3.63, 3.8) is 0 Å². The van der Waals surface area contributed by atoms with Gasteiger partial charge < -0.3 is 9.72 Å². The number of fused-ring (bicyclic) bond motifs is 3. The largest absolute Gasteiger partial charge is 0.454 e. The first-order valence-electron chi connectivity index (χ1n) is 9.70. The molecule has 0 saturated heterocycles. The van der Waals surface area contributed by atoms with Crippen LogP contribution in [0.4, 0.5) is 0 Å². The van der Waals surface area contributed by atoms with Gasteiger partial charge in [0, 0.05) is 4.88 Å². The number of hydrogen-bond acceptors (Lipinski definition) is 5. The third kappa shape index (κ3) is 3.74. The smallest absolute Gasteiger partial charge is 0.310 e. The van der Waals surface area contributed by atoms with E-state index in [0.717, 1.165) is 40.8 Å². The minimum absolute atomic E-state index is 0.131. The van der Waals surface area contributed by atoms with Crippen LogP contribution >= 0.6 is 11.3 Å². The molecule has 0 spiro atoms. The van der Waals surface area contributed by atoms with Crippen LogP contribution in [0.3, 0.4) is 0 Å². The minimum Gasteiger partial charge on any atom is -0.454 e. The molecule has 0 aliphatic heterocycles. The molecule has 1 aliphatic rings. The summed E-state index contributed by atoms with van der Waals surface area (Å²) in [4.78, 5) is 34.5. The number of nitrogens with zero attached hydrogens (tertiary/aromatic N) is 1. The van der Waals surface area contributed by atoms with Crippen LogP contribution in [0.2, 0.25) is 0 Å². The second-order valence-electron chi connectivity index (χ2n) is 7.78. The summed E-state index contributed by atoms with van der Waals surface area (Å²) in [6.45, 7) is 5.99. The number of esters is 1. The number of ether oxygens (including phenoxy) is 1. The summed E-state index contributed by atoms with van der Waals surface area (Å²) in [7, 11) is 0. The molecule has 0 unspecified atom stereocenters. The molecule has 2 aromatic heterocycles. The van der Waals surface area contributed by atoms with E-state index in [4.69, 9.17) is 4.74 Å². The highest BCUT2D eigenvalue weighted by molar-refractivity contribution is 7.18. The number of rotatable bonds is 4. The Morgan fingerprint density at radius 2 is 2.11 bits per heavy atom. The first kappa shape index (κ1) is 18.9. The fourth-order valence-electron chi connectivity index (χ4n) is 3.73. The number of benzene rings is 1. The Morgan fingerprint density at radius 3 is 2.86 bits per heavy atom. The lowest BCUT2D eigenvalue weighted by Gasteiger charge is -2.17. The maximum Gasteiger partial charge on any atom is 0.310 e. The lowest BCUT2D eigenvalue weighted by molar-refractivity contribution is -0.148. The summed E-state index contributed by atoms with van der Waals surface area (Å²) in [6, 6.07) is 7.78. The highest BCUT2D eigenvalue weighted by Gasteiger charge is 2.24. The summed E-state index contributed by atoms with van der Waals surface area (Å²) in [5.41, 5.74) is 3.07. The third-order valence-corrected chi connectivity index (χ3v) is 6.49. The highest BCUT2D eigenvalue weighted by atomic mass is 32.1. The molecular weight excluding hydrogens is 372 g/mol. The Hall–Kier alpha value is -2.47. The van der Waals surface area contributed by atoms with Crippen molar-refractivity contribution in [2.45, 2.75) is 52.6 Å². The summed E-state index contributed by atoms with van der Waals surface area (Å²) >= 11 is 1.60. The Bertz CT molecular complexity index is 1080. The van der Waals surface area contributed by atoms with Crippen molar-refractivity contribution < 1.29 is 9.53 Å². The molecule has 2 heterocycles. The normalized spacial score (nSPS) is 17.3. The van der Waals surface area contributed by atoms with E-state index in [1.54, 1.807) is 18.3 Å². The number of hydrogen-bond donors (Lipinski definition) is 1. The lowest BCUT2D eigenvalue weighted by Crippen LogP contribution is -2.18. The Kier molecular flexibility index (Phi) is 5.06. The van der Waals surface area contributed by atoms with Crippen molar-refractivity contribution >= 4 is 27.5 Å².